The molecule has 1 atom stereocenters. The molecular formula is C22H27Cl2N3O3S. The minimum atomic E-state index is -3.57. The maximum absolute atomic E-state index is 12.5. The molecule has 2 aromatic carbocycles. The number of sulfonamides is 1. The smallest absolute Gasteiger partial charge is 0.232 e. The molecule has 0 spiro atoms. The highest BCUT2D eigenvalue weighted by Gasteiger charge is 2.20. The van der Waals surface area contributed by atoms with Crippen molar-refractivity contribution in [2.24, 2.45) is 0 Å². The van der Waals surface area contributed by atoms with Crippen LogP contribution in [-0.2, 0) is 21.4 Å². The second-order valence-corrected chi connectivity index (χ2v) is 10.4. The molecule has 0 aliphatic carbocycles. The number of nitrogens with zero attached hydrogens (tertiary/aromatic N) is 2. The molecule has 1 aliphatic rings. The SMILES string of the molecule is CS(=O)(=O)N(Cc1cccc(Cl)c1Cl)c1ccc(N(C=O)CCC2CCCCN2)cc1. The molecule has 168 valence electrons. The Morgan fingerprint density at radius 2 is 1.81 bits per heavy atom. The molecule has 0 bridgehead atoms. The highest BCUT2D eigenvalue weighted by Crippen LogP contribution is 2.30. The van der Waals surface area contributed by atoms with Gasteiger partial charge in [0.15, 0.2) is 0 Å². The van der Waals surface area contributed by atoms with Crippen LogP contribution in [0.5, 0.6) is 0 Å². The van der Waals surface area contributed by atoms with E-state index in [1.807, 2.05) is 0 Å². The second-order valence-electron chi connectivity index (χ2n) is 7.73. The predicted molar refractivity (Wildman–Crippen MR) is 128 cm³/mol. The van der Waals surface area contributed by atoms with Crippen LogP contribution in [0.4, 0.5) is 11.4 Å². The van der Waals surface area contributed by atoms with Gasteiger partial charge in [-0.05, 0) is 61.7 Å². The number of halogens is 2. The van der Waals surface area contributed by atoms with Crippen LogP contribution in [-0.4, -0.2) is 40.2 Å². The Balaban J connectivity index is 1.75. The first-order valence-corrected chi connectivity index (χ1v) is 12.9. The topological polar surface area (TPSA) is 69.7 Å². The van der Waals surface area contributed by atoms with Crippen molar-refractivity contribution in [1.82, 2.24) is 5.32 Å². The van der Waals surface area contributed by atoms with E-state index < -0.39 is 10.0 Å². The summed E-state index contributed by atoms with van der Waals surface area (Å²) in [5.74, 6) is 0. The number of benzene rings is 2. The van der Waals surface area contributed by atoms with Crippen molar-refractivity contribution < 1.29 is 13.2 Å². The molecule has 9 heteroatoms. The number of nitrogens with one attached hydrogen (secondary N) is 1. The number of anilines is 2. The van der Waals surface area contributed by atoms with Crippen LogP contribution < -0.4 is 14.5 Å². The first-order chi connectivity index (χ1) is 14.8. The van der Waals surface area contributed by atoms with Crippen LogP contribution in [0.25, 0.3) is 0 Å². The van der Waals surface area contributed by atoms with Gasteiger partial charge < -0.3 is 10.2 Å². The van der Waals surface area contributed by atoms with Crippen molar-refractivity contribution in [3.8, 4) is 0 Å². The summed E-state index contributed by atoms with van der Waals surface area (Å²) in [7, 11) is -3.57. The third kappa shape index (κ3) is 6.35. The minimum Gasteiger partial charge on any atom is -0.315 e. The molecule has 1 N–H and O–H groups in total. The zero-order valence-corrected chi connectivity index (χ0v) is 19.8. The third-order valence-corrected chi connectivity index (χ3v) is 7.47. The number of piperidine rings is 1. The molecule has 31 heavy (non-hydrogen) atoms. The Morgan fingerprint density at radius 3 is 2.42 bits per heavy atom. The summed E-state index contributed by atoms with van der Waals surface area (Å²) in [4.78, 5) is 13.3. The quantitative estimate of drug-likeness (QED) is 0.534. The van der Waals surface area contributed by atoms with Gasteiger partial charge in [0.2, 0.25) is 16.4 Å². The summed E-state index contributed by atoms with van der Waals surface area (Å²) in [6.45, 7) is 1.69. The molecule has 1 amide bonds. The fourth-order valence-corrected chi connectivity index (χ4v) is 5.00. The summed E-state index contributed by atoms with van der Waals surface area (Å²) in [6, 6.07) is 12.5. The third-order valence-electron chi connectivity index (χ3n) is 5.47. The van der Waals surface area contributed by atoms with Gasteiger partial charge in [0.1, 0.15) is 0 Å². The summed E-state index contributed by atoms with van der Waals surface area (Å²) in [6.07, 6.45) is 6.38. The van der Waals surface area contributed by atoms with E-state index in [1.165, 1.54) is 17.1 Å². The molecule has 1 unspecified atom stereocenters. The monoisotopic (exact) mass is 483 g/mol. The van der Waals surface area contributed by atoms with E-state index in [2.05, 4.69) is 5.32 Å². The first-order valence-electron chi connectivity index (χ1n) is 10.3. The predicted octanol–water partition coefficient (Wildman–Crippen LogP) is 4.45. The summed E-state index contributed by atoms with van der Waals surface area (Å²) in [5, 5.41) is 4.19. The van der Waals surface area contributed by atoms with Crippen molar-refractivity contribution in [2.45, 2.75) is 38.3 Å². The van der Waals surface area contributed by atoms with Crippen LogP contribution in [0.3, 0.4) is 0 Å². The maximum atomic E-state index is 12.5. The Labute approximate surface area is 194 Å². The average molecular weight is 484 g/mol. The first kappa shape index (κ1) is 23.9. The summed E-state index contributed by atoms with van der Waals surface area (Å²) < 4.78 is 26.2. The molecule has 1 aliphatic heterocycles. The van der Waals surface area contributed by atoms with Crippen molar-refractivity contribution in [1.29, 1.82) is 0 Å². The van der Waals surface area contributed by atoms with E-state index in [4.69, 9.17) is 23.2 Å². The Morgan fingerprint density at radius 1 is 1.10 bits per heavy atom. The van der Waals surface area contributed by atoms with Crippen molar-refractivity contribution in [3.05, 3.63) is 58.1 Å². The Kier molecular flexibility index (Phi) is 8.22. The van der Waals surface area contributed by atoms with Gasteiger partial charge in [0.25, 0.3) is 0 Å². The summed E-state index contributed by atoms with van der Waals surface area (Å²) in [5.41, 5.74) is 1.82. The van der Waals surface area contributed by atoms with Crippen LogP contribution in [0.1, 0.15) is 31.2 Å². The number of carbonyl (C=O) groups is 1. The lowest BCUT2D eigenvalue weighted by Crippen LogP contribution is -2.37. The number of hydrogen-bond donors (Lipinski definition) is 1. The fourth-order valence-electron chi connectivity index (χ4n) is 3.74. The van der Waals surface area contributed by atoms with Crippen LogP contribution in [0.2, 0.25) is 10.0 Å². The molecule has 3 rings (SSSR count). The van der Waals surface area contributed by atoms with Gasteiger partial charge in [0, 0.05) is 18.3 Å². The molecule has 0 saturated carbocycles. The van der Waals surface area contributed by atoms with Crippen LogP contribution >= 0.6 is 23.2 Å². The molecule has 0 aromatic heterocycles. The van der Waals surface area contributed by atoms with Crippen molar-refractivity contribution >= 4 is 51.0 Å². The number of amides is 1. The van der Waals surface area contributed by atoms with Crippen LogP contribution in [0, 0.1) is 0 Å². The average Bonchev–Trinajstić information content (AvgIpc) is 2.76. The number of hydrogen-bond acceptors (Lipinski definition) is 4. The highest BCUT2D eigenvalue weighted by atomic mass is 35.5. The molecule has 0 radical (unpaired) electrons. The van der Waals surface area contributed by atoms with Gasteiger partial charge in [-0.15, -0.1) is 0 Å². The molecule has 1 saturated heterocycles. The van der Waals surface area contributed by atoms with Gasteiger partial charge in [-0.3, -0.25) is 9.10 Å². The second kappa shape index (κ2) is 10.7. The van der Waals surface area contributed by atoms with E-state index in [0.29, 0.717) is 33.9 Å². The van der Waals surface area contributed by atoms with Crippen LogP contribution in [0.15, 0.2) is 42.5 Å². The van der Waals surface area contributed by atoms with Crippen molar-refractivity contribution in [3.63, 3.8) is 0 Å². The fraction of sp³-hybridized carbons (Fsp3) is 0.409. The van der Waals surface area contributed by atoms with Gasteiger partial charge in [0.05, 0.1) is 28.5 Å². The van der Waals surface area contributed by atoms with Gasteiger partial charge in [-0.25, -0.2) is 8.42 Å². The van der Waals surface area contributed by atoms with Crippen molar-refractivity contribution in [2.75, 3.05) is 28.6 Å². The molecule has 1 heterocycles. The van der Waals surface area contributed by atoms with Gasteiger partial charge in [-0.1, -0.05) is 41.8 Å². The lowest BCUT2D eigenvalue weighted by molar-refractivity contribution is -0.107. The number of carbonyl (C=O) groups excluding carboxylic acids is 1. The molecular weight excluding hydrogens is 457 g/mol. The van der Waals surface area contributed by atoms with E-state index in [0.717, 1.165) is 37.7 Å². The lowest BCUT2D eigenvalue weighted by atomic mass is 10.0. The summed E-state index contributed by atoms with van der Waals surface area (Å²) >= 11 is 12.3. The number of rotatable bonds is 9. The van der Waals surface area contributed by atoms with E-state index in [1.54, 1.807) is 47.4 Å². The minimum absolute atomic E-state index is 0.0579. The highest BCUT2D eigenvalue weighted by molar-refractivity contribution is 7.92. The lowest BCUT2D eigenvalue weighted by Gasteiger charge is -2.27. The van der Waals surface area contributed by atoms with E-state index in [9.17, 15) is 13.2 Å². The normalized spacial score (nSPS) is 16.7. The standard InChI is InChI=1S/C22H27Cl2N3O3S/c1-31(29,30)27(15-17-5-4-7-21(23)22(17)24)20-10-8-19(9-11-20)26(16-28)14-12-18-6-2-3-13-25-18/h4-5,7-11,16,18,25H,2-3,6,12-15H2,1H3. The van der Waals surface area contributed by atoms with E-state index in [-0.39, 0.29) is 6.54 Å². The molecule has 2 aromatic rings. The zero-order valence-electron chi connectivity index (χ0n) is 17.4. The largest absolute Gasteiger partial charge is 0.315 e. The molecule has 6 nitrogen and oxygen atoms in total. The Bertz CT molecular complexity index is 994. The Hall–Kier alpha value is -1.80. The van der Waals surface area contributed by atoms with Gasteiger partial charge >= 0.3 is 0 Å². The maximum Gasteiger partial charge on any atom is 0.232 e. The molecule has 1 fully saturated rings. The van der Waals surface area contributed by atoms with Gasteiger partial charge in [-0.2, -0.15) is 0 Å². The zero-order chi connectivity index (χ0) is 22.4. The van der Waals surface area contributed by atoms with E-state index >= 15 is 0 Å².